The Morgan fingerprint density at radius 1 is 0.897 bits per heavy atom. The maximum absolute atomic E-state index is 13.0. The highest BCUT2D eigenvalue weighted by molar-refractivity contribution is 5.97. The molecule has 0 heterocycles. The van der Waals surface area contributed by atoms with Crippen molar-refractivity contribution in [3.8, 4) is 0 Å². The summed E-state index contributed by atoms with van der Waals surface area (Å²) in [5.41, 5.74) is 2.24. The van der Waals surface area contributed by atoms with Crippen molar-refractivity contribution >= 4 is 29.0 Å². The number of nitrogens with zero attached hydrogens (tertiary/aromatic N) is 1. The maximum Gasteiger partial charge on any atom is 0.230 e. The van der Waals surface area contributed by atoms with Gasteiger partial charge in [-0.05, 0) is 75.9 Å². The van der Waals surface area contributed by atoms with E-state index >= 15 is 0 Å². The minimum atomic E-state index is -0.0849. The summed E-state index contributed by atoms with van der Waals surface area (Å²) >= 11 is 0. The van der Waals surface area contributed by atoms with Crippen molar-refractivity contribution < 1.29 is 14.4 Å². The van der Waals surface area contributed by atoms with Gasteiger partial charge in [0, 0.05) is 35.3 Å². The fourth-order valence-electron chi connectivity index (χ4n) is 3.93. The van der Waals surface area contributed by atoms with Gasteiger partial charge >= 0.3 is 0 Å². The van der Waals surface area contributed by atoms with Crippen LogP contribution in [0, 0.1) is 11.8 Å². The Hall–Kier alpha value is -2.95. The van der Waals surface area contributed by atoms with Gasteiger partial charge in [0.15, 0.2) is 5.78 Å². The zero-order chi connectivity index (χ0) is 20.8. The van der Waals surface area contributed by atoms with Crippen LogP contribution < -0.4 is 10.2 Å². The summed E-state index contributed by atoms with van der Waals surface area (Å²) in [7, 11) is 0. The third-order valence-corrected chi connectivity index (χ3v) is 5.66. The molecule has 2 aromatic carbocycles. The maximum atomic E-state index is 13.0. The predicted octanol–water partition coefficient (Wildman–Crippen LogP) is 4.69. The van der Waals surface area contributed by atoms with Crippen LogP contribution in [0.1, 0.15) is 49.9 Å². The van der Waals surface area contributed by atoms with Crippen molar-refractivity contribution in [2.45, 2.75) is 39.5 Å². The molecule has 2 amide bonds. The van der Waals surface area contributed by atoms with Crippen LogP contribution >= 0.6 is 0 Å². The van der Waals surface area contributed by atoms with Gasteiger partial charge in [-0.1, -0.05) is 18.2 Å². The Bertz CT molecular complexity index is 853. The Morgan fingerprint density at radius 2 is 1.48 bits per heavy atom. The molecule has 0 bridgehead atoms. The number of carbonyl (C=O) groups is 3. The lowest BCUT2D eigenvalue weighted by Crippen LogP contribution is -2.39. The number of para-hydroxylation sites is 1. The smallest absolute Gasteiger partial charge is 0.230 e. The molecule has 29 heavy (non-hydrogen) atoms. The van der Waals surface area contributed by atoms with Crippen molar-refractivity contribution in [3.63, 3.8) is 0 Å². The second-order valence-corrected chi connectivity index (χ2v) is 7.59. The van der Waals surface area contributed by atoms with Crippen LogP contribution in [0.2, 0.25) is 0 Å². The van der Waals surface area contributed by atoms with Gasteiger partial charge in [0.1, 0.15) is 0 Å². The van der Waals surface area contributed by atoms with Gasteiger partial charge in [-0.3, -0.25) is 14.4 Å². The normalized spacial score (nSPS) is 18.7. The molecule has 1 N–H and O–H groups in total. The molecule has 0 unspecified atom stereocenters. The number of rotatable bonds is 6. The third-order valence-electron chi connectivity index (χ3n) is 5.66. The van der Waals surface area contributed by atoms with E-state index in [-0.39, 0.29) is 29.4 Å². The van der Waals surface area contributed by atoms with Crippen molar-refractivity contribution in [2.24, 2.45) is 11.8 Å². The largest absolute Gasteiger partial charge is 0.326 e. The van der Waals surface area contributed by atoms with E-state index in [4.69, 9.17) is 0 Å². The average Bonchev–Trinajstić information content (AvgIpc) is 2.75. The number of carbonyl (C=O) groups excluding carboxylic acids is 3. The first-order valence-electron chi connectivity index (χ1n) is 10.3. The van der Waals surface area contributed by atoms with Crippen LogP contribution in [-0.2, 0) is 9.59 Å². The molecule has 0 spiro atoms. The second-order valence-electron chi connectivity index (χ2n) is 7.59. The Balaban J connectivity index is 1.54. The molecule has 3 rings (SSSR count). The molecular formula is C24H28N2O3. The monoisotopic (exact) mass is 392 g/mol. The van der Waals surface area contributed by atoms with Crippen LogP contribution in [0.4, 0.5) is 11.4 Å². The highest BCUT2D eigenvalue weighted by Gasteiger charge is 2.32. The van der Waals surface area contributed by atoms with Gasteiger partial charge in [0.05, 0.1) is 0 Å². The fraction of sp³-hybridized carbons (Fsp3) is 0.375. The Labute approximate surface area is 172 Å². The molecule has 0 aromatic heterocycles. The van der Waals surface area contributed by atoms with Crippen LogP contribution in [0.5, 0.6) is 0 Å². The van der Waals surface area contributed by atoms with E-state index in [0.717, 1.165) is 18.5 Å². The van der Waals surface area contributed by atoms with Gasteiger partial charge in [-0.25, -0.2) is 0 Å². The summed E-state index contributed by atoms with van der Waals surface area (Å²) in [4.78, 5) is 38.8. The molecule has 0 radical (unpaired) electrons. The minimum Gasteiger partial charge on any atom is -0.326 e. The lowest BCUT2D eigenvalue weighted by atomic mass is 9.80. The number of hydrogen-bond acceptors (Lipinski definition) is 3. The van der Waals surface area contributed by atoms with E-state index < -0.39 is 0 Å². The van der Waals surface area contributed by atoms with Gasteiger partial charge in [-0.15, -0.1) is 0 Å². The van der Waals surface area contributed by atoms with E-state index in [2.05, 4.69) is 5.32 Å². The van der Waals surface area contributed by atoms with Crippen LogP contribution in [-0.4, -0.2) is 24.1 Å². The number of anilines is 2. The highest BCUT2D eigenvalue weighted by Crippen LogP contribution is 2.32. The molecule has 2 aromatic rings. The fourth-order valence-corrected chi connectivity index (χ4v) is 3.93. The van der Waals surface area contributed by atoms with Crippen LogP contribution in [0.15, 0.2) is 54.6 Å². The van der Waals surface area contributed by atoms with Crippen molar-refractivity contribution in [1.29, 1.82) is 0 Å². The number of hydrogen-bond donors (Lipinski definition) is 1. The van der Waals surface area contributed by atoms with Crippen LogP contribution in [0.3, 0.4) is 0 Å². The number of ketones is 1. The summed E-state index contributed by atoms with van der Waals surface area (Å²) in [6.45, 7) is 4.14. The van der Waals surface area contributed by atoms with E-state index in [1.54, 1.807) is 24.3 Å². The molecular weight excluding hydrogens is 364 g/mol. The molecule has 1 aliphatic carbocycles. The SMILES string of the molecule is CCN(C(=O)C1CCC(C(=O)Nc2ccc(C(C)=O)cc2)CC1)c1ccccc1. The van der Waals surface area contributed by atoms with Crippen molar-refractivity contribution in [1.82, 2.24) is 0 Å². The number of Topliss-reactive ketones (excluding diaryl/α,β-unsaturated/α-hetero) is 1. The molecule has 5 nitrogen and oxygen atoms in total. The minimum absolute atomic E-state index is 0.00231. The molecule has 1 fully saturated rings. The first-order valence-corrected chi connectivity index (χ1v) is 10.3. The van der Waals surface area contributed by atoms with Crippen molar-refractivity contribution in [3.05, 3.63) is 60.2 Å². The van der Waals surface area contributed by atoms with E-state index in [0.29, 0.717) is 30.6 Å². The Morgan fingerprint density at radius 3 is 2.03 bits per heavy atom. The number of amides is 2. The molecule has 0 atom stereocenters. The summed E-state index contributed by atoms with van der Waals surface area (Å²) in [6, 6.07) is 16.7. The zero-order valence-electron chi connectivity index (χ0n) is 17.1. The van der Waals surface area contributed by atoms with E-state index in [1.807, 2.05) is 42.2 Å². The number of benzene rings is 2. The van der Waals surface area contributed by atoms with E-state index in [9.17, 15) is 14.4 Å². The third kappa shape index (κ3) is 5.11. The lowest BCUT2D eigenvalue weighted by molar-refractivity contribution is -0.126. The summed E-state index contributed by atoms with van der Waals surface area (Å²) in [6.07, 6.45) is 2.87. The molecule has 152 valence electrons. The zero-order valence-corrected chi connectivity index (χ0v) is 17.1. The highest BCUT2D eigenvalue weighted by atomic mass is 16.2. The van der Waals surface area contributed by atoms with Crippen LogP contribution in [0.25, 0.3) is 0 Å². The van der Waals surface area contributed by atoms with Gasteiger partial charge in [-0.2, -0.15) is 0 Å². The molecule has 0 saturated heterocycles. The predicted molar refractivity (Wildman–Crippen MR) is 115 cm³/mol. The molecule has 0 aliphatic heterocycles. The number of nitrogens with one attached hydrogen (secondary N) is 1. The molecule has 1 aliphatic rings. The average molecular weight is 392 g/mol. The first-order chi connectivity index (χ1) is 14.0. The topological polar surface area (TPSA) is 66.5 Å². The first kappa shape index (κ1) is 20.8. The van der Waals surface area contributed by atoms with Gasteiger partial charge < -0.3 is 10.2 Å². The second kappa shape index (κ2) is 9.50. The van der Waals surface area contributed by atoms with Gasteiger partial charge in [0.25, 0.3) is 0 Å². The summed E-state index contributed by atoms with van der Waals surface area (Å²) < 4.78 is 0. The molecule has 1 saturated carbocycles. The standard InChI is InChI=1S/C24H28N2O3/c1-3-26(22-7-5-4-6-8-22)24(29)20-11-9-19(10-12-20)23(28)25-21-15-13-18(14-16-21)17(2)27/h4-8,13-16,19-20H,3,9-12H2,1-2H3,(H,25,28). The lowest BCUT2D eigenvalue weighted by Gasteiger charge is -2.31. The van der Waals surface area contributed by atoms with E-state index in [1.165, 1.54) is 6.92 Å². The summed E-state index contributed by atoms with van der Waals surface area (Å²) in [5.74, 6) is 0.0224. The van der Waals surface area contributed by atoms with Gasteiger partial charge in [0.2, 0.25) is 11.8 Å². The van der Waals surface area contributed by atoms with Crippen molar-refractivity contribution in [2.75, 3.05) is 16.8 Å². The summed E-state index contributed by atoms with van der Waals surface area (Å²) in [5, 5.41) is 2.94. The molecule has 5 heteroatoms. The Kier molecular flexibility index (Phi) is 6.81. The quantitative estimate of drug-likeness (QED) is 0.726.